The van der Waals surface area contributed by atoms with Gasteiger partial charge in [0.2, 0.25) is 0 Å². The zero-order chi connectivity index (χ0) is 19.6. The van der Waals surface area contributed by atoms with Crippen molar-refractivity contribution in [1.82, 2.24) is 10.3 Å². The van der Waals surface area contributed by atoms with Gasteiger partial charge in [0.05, 0.1) is 12.6 Å². The van der Waals surface area contributed by atoms with Gasteiger partial charge in [-0.25, -0.2) is 9.78 Å². The maximum atomic E-state index is 12.5. The van der Waals surface area contributed by atoms with Crippen molar-refractivity contribution in [3.05, 3.63) is 52.0 Å². The van der Waals surface area contributed by atoms with E-state index in [0.717, 1.165) is 17.7 Å². The molecule has 2 unspecified atom stereocenters. The first-order chi connectivity index (χ1) is 13.0. The molecule has 2 aromatic rings. The highest BCUT2D eigenvalue weighted by atomic mass is 32.2. The molecule has 1 aromatic heterocycles. The summed E-state index contributed by atoms with van der Waals surface area (Å²) in [7, 11) is 0. The fourth-order valence-electron chi connectivity index (χ4n) is 2.25. The maximum Gasteiger partial charge on any atom is 0.329 e. The summed E-state index contributed by atoms with van der Waals surface area (Å²) in [6, 6.07) is 9.05. The molecule has 8 heteroatoms. The summed E-state index contributed by atoms with van der Waals surface area (Å²) in [5.74, 6) is 0.343. The van der Waals surface area contributed by atoms with E-state index in [2.05, 4.69) is 10.3 Å². The lowest BCUT2D eigenvalue weighted by Gasteiger charge is -2.16. The molecule has 0 aliphatic carbocycles. The largest absolute Gasteiger partial charge is 0.464 e. The van der Waals surface area contributed by atoms with E-state index in [0.29, 0.717) is 10.8 Å². The van der Waals surface area contributed by atoms with E-state index in [-0.39, 0.29) is 24.2 Å². The van der Waals surface area contributed by atoms with Gasteiger partial charge < -0.3 is 15.8 Å². The number of carbonyl (C=O) groups excluding carboxylic acids is 2. The Hall–Kier alpha value is -1.90. The van der Waals surface area contributed by atoms with Gasteiger partial charge in [-0.1, -0.05) is 37.3 Å². The minimum Gasteiger partial charge on any atom is -0.464 e. The fraction of sp³-hybridized carbons (Fsp3) is 0.421. The minimum absolute atomic E-state index is 0.182. The molecular weight excluding hydrogens is 382 g/mol. The predicted molar refractivity (Wildman–Crippen MR) is 110 cm³/mol. The lowest BCUT2D eigenvalue weighted by molar-refractivity contribution is -0.144. The predicted octanol–water partition coefficient (Wildman–Crippen LogP) is 3.15. The van der Waals surface area contributed by atoms with Crippen LogP contribution in [-0.4, -0.2) is 35.3 Å². The van der Waals surface area contributed by atoms with Crippen LogP contribution < -0.4 is 11.1 Å². The lowest BCUT2D eigenvalue weighted by atomic mass is 10.2. The number of carbonyl (C=O) groups is 2. The molecule has 2 rings (SSSR count). The van der Waals surface area contributed by atoms with Crippen LogP contribution in [0.1, 0.15) is 47.4 Å². The van der Waals surface area contributed by atoms with Crippen LogP contribution in [0.3, 0.4) is 0 Å². The Morgan fingerprint density at radius 1 is 1.30 bits per heavy atom. The van der Waals surface area contributed by atoms with Gasteiger partial charge in [0.15, 0.2) is 0 Å². The third-order valence-electron chi connectivity index (χ3n) is 3.78. The Bertz CT molecular complexity index is 737. The van der Waals surface area contributed by atoms with Crippen molar-refractivity contribution in [2.45, 2.75) is 38.1 Å². The fourth-order valence-corrected chi connectivity index (χ4v) is 4.14. The van der Waals surface area contributed by atoms with E-state index in [9.17, 15) is 9.59 Å². The third kappa shape index (κ3) is 6.64. The third-order valence-corrected chi connectivity index (χ3v) is 5.87. The summed E-state index contributed by atoms with van der Waals surface area (Å²) in [4.78, 5) is 29.0. The number of rotatable bonds is 10. The molecule has 0 bridgehead atoms. The first kappa shape index (κ1) is 21.4. The van der Waals surface area contributed by atoms with Crippen LogP contribution in [0.4, 0.5) is 0 Å². The number of benzene rings is 1. The van der Waals surface area contributed by atoms with Crippen LogP contribution in [0.2, 0.25) is 0 Å². The van der Waals surface area contributed by atoms with Crippen molar-refractivity contribution in [3.8, 4) is 0 Å². The highest BCUT2D eigenvalue weighted by molar-refractivity contribution is 7.98. The Morgan fingerprint density at radius 3 is 2.70 bits per heavy atom. The van der Waals surface area contributed by atoms with Gasteiger partial charge in [-0.05, 0) is 18.9 Å². The SMILES string of the molecule is CCOC(=O)C(CSCc1ccccc1)NC(=O)c1csc(C(N)CC)n1. The van der Waals surface area contributed by atoms with Gasteiger partial charge in [0, 0.05) is 16.9 Å². The molecule has 6 nitrogen and oxygen atoms in total. The van der Waals surface area contributed by atoms with Gasteiger partial charge >= 0.3 is 5.97 Å². The average molecular weight is 408 g/mol. The van der Waals surface area contributed by atoms with Crippen LogP contribution in [-0.2, 0) is 15.3 Å². The topological polar surface area (TPSA) is 94.3 Å². The number of nitrogens with zero attached hydrogens (tertiary/aromatic N) is 1. The Labute approximate surface area is 167 Å². The number of ether oxygens (including phenoxy) is 1. The van der Waals surface area contributed by atoms with Gasteiger partial charge in [0.1, 0.15) is 16.7 Å². The molecule has 27 heavy (non-hydrogen) atoms. The van der Waals surface area contributed by atoms with Crippen molar-refractivity contribution < 1.29 is 14.3 Å². The number of hydrogen-bond donors (Lipinski definition) is 2. The molecule has 0 saturated carbocycles. The van der Waals surface area contributed by atoms with Crippen LogP contribution in [0.5, 0.6) is 0 Å². The summed E-state index contributed by atoms with van der Waals surface area (Å²) in [6.07, 6.45) is 0.746. The summed E-state index contributed by atoms with van der Waals surface area (Å²) in [6.45, 7) is 3.97. The number of nitrogens with two attached hydrogens (primary N) is 1. The molecule has 2 atom stereocenters. The lowest BCUT2D eigenvalue weighted by Crippen LogP contribution is -2.43. The van der Waals surface area contributed by atoms with Crippen LogP contribution >= 0.6 is 23.1 Å². The normalized spacial score (nSPS) is 13.0. The van der Waals surface area contributed by atoms with E-state index in [1.165, 1.54) is 11.3 Å². The highest BCUT2D eigenvalue weighted by Crippen LogP contribution is 2.19. The smallest absolute Gasteiger partial charge is 0.329 e. The van der Waals surface area contributed by atoms with Gasteiger partial charge in [-0.2, -0.15) is 11.8 Å². The quantitative estimate of drug-likeness (QED) is 0.588. The van der Waals surface area contributed by atoms with Crippen molar-refractivity contribution in [2.24, 2.45) is 5.73 Å². The molecule has 1 amide bonds. The summed E-state index contributed by atoms with van der Waals surface area (Å²) < 4.78 is 5.10. The van der Waals surface area contributed by atoms with Crippen molar-refractivity contribution >= 4 is 35.0 Å². The second kappa shape index (κ2) is 11.1. The van der Waals surface area contributed by atoms with Crippen molar-refractivity contribution in [3.63, 3.8) is 0 Å². The number of thioether (sulfide) groups is 1. The number of thiazole rings is 1. The number of amides is 1. The van der Waals surface area contributed by atoms with Crippen molar-refractivity contribution in [2.75, 3.05) is 12.4 Å². The van der Waals surface area contributed by atoms with Crippen LogP contribution in [0.25, 0.3) is 0 Å². The standard InChI is InChI=1S/C19H25N3O3S2/c1-3-14(20)18-22-15(12-27-18)17(23)21-16(19(24)25-4-2)11-26-10-13-8-6-5-7-9-13/h5-9,12,14,16H,3-4,10-11,20H2,1-2H3,(H,21,23). The highest BCUT2D eigenvalue weighted by Gasteiger charge is 2.24. The molecule has 0 fully saturated rings. The molecule has 1 heterocycles. The van der Waals surface area contributed by atoms with Gasteiger partial charge in [-0.15, -0.1) is 11.3 Å². The average Bonchev–Trinajstić information content (AvgIpc) is 3.18. The zero-order valence-electron chi connectivity index (χ0n) is 15.5. The minimum atomic E-state index is -0.726. The Balaban J connectivity index is 1.97. The summed E-state index contributed by atoms with van der Waals surface area (Å²) in [5.41, 5.74) is 7.40. The van der Waals surface area contributed by atoms with E-state index in [1.807, 2.05) is 37.3 Å². The summed E-state index contributed by atoms with van der Waals surface area (Å²) >= 11 is 2.92. The molecule has 146 valence electrons. The Morgan fingerprint density at radius 2 is 2.04 bits per heavy atom. The molecule has 0 aliphatic rings. The van der Waals surface area contributed by atoms with Crippen LogP contribution in [0, 0.1) is 0 Å². The monoisotopic (exact) mass is 407 g/mol. The summed E-state index contributed by atoms with van der Waals surface area (Å²) in [5, 5.41) is 5.13. The molecular formula is C19H25N3O3S2. The number of hydrogen-bond acceptors (Lipinski definition) is 7. The molecule has 0 saturated heterocycles. The molecule has 3 N–H and O–H groups in total. The van der Waals surface area contributed by atoms with Gasteiger partial charge in [-0.3, -0.25) is 4.79 Å². The zero-order valence-corrected chi connectivity index (χ0v) is 17.1. The molecule has 1 aromatic carbocycles. The van der Waals surface area contributed by atoms with E-state index >= 15 is 0 Å². The molecule has 0 radical (unpaired) electrons. The van der Waals surface area contributed by atoms with Crippen molar-refractivity contribution in [1.29, 1.82) is 0 Å². The second-order valence-electron chi connectivity index (χ2n) is 5.86. The second-order valence-corrected chi connectivity index (χ2v) is 7.78. The van der Waals surface area contributed by atoms with E-state index in [4.69, 9.17) is 10.5 Å². The van der Waals surface area contributed by atoms with Gasteiger partial charge in [0.25, 0.3) is 5.91 Å². The van der Waals surface area contributed by atoms with E-state index < -0.39 is 12.0 Å². The first-order valence-corrected chi connectivity index (χ1v) is 10.9. The van der Waals surface area contributed by atoms with E-state index in [1.54, 1.807) is 24.1 Å². The number of aromatic nitrogens is 1. The number of nitrogens with one attached hydrogen (secondary N) is 1. The maximum absolute atomic E-state index is 12.5. The van der Waals surface area contributed by atoms with Crippen LogP contribution in [0.15, 0.2) is 35.7 Å². The molecule has 0 spiro atoms. The first-order valence-electron chi connectivity index (χ1n) is 8.85. The molecule has 0 aliphatic heterocycles. The number of esters is 1. The Kier molecular flexibility index (Phi) is 8.77.